The van der Waals surface area contributed by atoms with Crippen molar-refractivity contribution in [1.29, 1.82) is 0 Å². The maximum atomic E-state index is 13.3. The maximum Gasteiger partial charge on any atom is 0.313 e. The molecule has 0 spiro atoms. The van der Waals surface area contributed by atoms with Crippen LogP contribution in [0, 0.1) is 6.92 Å². The molecule has 2 aromatic rings. The fourth-order valence-electron chi connectivity index (χ4n) is 3.20. The highest BCUT2D eigenvalue weighted by Crippen LogP contribution is 2.30. The first-order valence-corrected chi connectivity index (χ1v) is 11.5. The Morgan fingerprint density at radius 1 is 1.10 bits per heavy atom. The number of ether oxygens (including phenoxy) is 2. The number of hydrogen-bond donors (Lipinski definition) is 1. The molecule has 8 heteroatoms. The molecule has 2 aromatic carbocycles. The average molecular weight is 466 g/mol. The lowest BCUT2D eigenvalue weighted by atomic mass is 10.1. The van der Waals surface area contributed by atoms with Crippen LogP contribution in [0.1, 0.15) is 27.9 Å². The zero-order valence-corrected chi connectivity index (χ0v) is 19.6. The summed E-state index contributed by atoms with van der Waals surface area (Å²) in [7, 11) is 3.11. The highest BCUT2D eigenvalue weighted by Gasteiger charge is 2.19. The van der Waals surface area contributed by atoms with Crippen molar-refractivity contribution in [2.75, 3.05) is 38.8 Å². The molecule has 0 saturated carbocycles. The molecule has 6 nitrogen and oxygen atoms in total. The number of thioether (sulfide) groups is 1. The third-order valence-electron chi connectivity index (χ3n) is 4.85. The molecule has 0 aliphatic carbocycles. The zero-order chi connectivity index (χ0) is 22.8. The van der Waals surface area contributed by atoms with Gasteiger partial charge in [-0.05, 0) is 43.5 Å². The van der Waals surface area contributed by atoms with Crippen LogP contribution in [0.2, 0.25) is 5.02 Å². The Labute approximate surface area is 192 Å². The predicted octanol–water partition coefficient (Wildman–Crippen LogP) is 4.56. The van der Waals surface area contributed by atoms with Gasteiger partial charge in [-0.15, -0.1) is 11.8 Å². The van der Waals surface area contributed by atoms with Gasteiger partial charge in [0.1, 0.15) is 11.5 Å². The van der Waals surface area contributed by atoms with E-state index in [0.29, 0.717) is 40.9 Å². The van der Waals surface area contributed by atoms with E-state index in [1.165, 1.54) is 11.8 Å². The monoisotopic (exact) mass is 465 g/mol. The molecule has 1 amide bonds. The zero-order valence-electron chi connectivity index (χ0n) is 18.0. The summed E-state index contributed by atoms with van der Waals surface area (Å²) in [6.07, 6.45) is 1.48. The minimum absolute atomic E-state index is 0.00777. The number of carbonyl (C=O) groups is 2. The second-order valence-corrected chi connectivity index (χ2v) is 8.45. The van der Waals surface area contributed by atoms with Crippen molar-refractivity contribution < 1.29 is 24.2 Å². The van der Waals surface area contributed by atoms with Crippen LogP contribution < -0.4 is 9.47 Å². The molecule has 2 rings (SSSR count). The van der Waals surface area contributed by atoms with Crippen LogP contribution in [-0.2, 0) is 11.2 Å². The molecule has 0 atom stereocenters. The Balaban J connectivity index is 2.15. The van der Waals surface area contributed by atoms with Crippen LogP contribution in [0.15, 0.2) is 36.4 Å². The summed E-state index contributed by atoms with van der Waals surface area (Å²) in [4.78, 5) is 25.8. The number of carboxylic acids is 1. The van der Waals surface area contributed by atoms with Gasteiger partial charge in [0.05, 0.1) is 20.0 Å². The van der Waals surface area contributed by atoms with Gasteiger partial charge in [0.25, 0.3) is 5.91 Å². The lowest BCUT2D eigenvalue weighted by Crippen LogP contribution is -2.34. The lowest BCUT2D eigenvalue weighted by Gasteiger charge is -2.24. The summed E-state index contributed by atoms with van der Waals surface area (Å²) in [6, 6.07) is 11.1. The summed E-state index contributed by atoms with van der Waals surface area (Å²) < 4.78 is 10.8. The first-order valence-electron chi connectivity index (χ1n) is 9.92. The third kappa shape index (κ3) is 7.36. The van der Waals surface area contributed by atoms with Crippen molar-refractivity contribution >= 4 is 35.2 Å². The van der Waals surface area contributed by atoms with E-state index in [0.717, 1.165) is 24.0 Å². The minimum Gasteiger partial charge on any atom is -0.496 e. The van der Waals surface area contributed by atoms with Gasteiger partial charge < -0.3 is 19.5 Å². The van der Waals surface area contributed by atoms with Gasteiger partial charge >= 0.3 is 5.97 Å². The van der Waals surface area contributed by atoms with Crippen molar-refractivity contribution in [2.45, 2.75) is 19.8 Å². The predicted molar refractivity (Wildman–Crippen MR) is 125 cm³/mol. The summed E-state index contributed by atoms with van der Waals surface area (Å²) >= 11 is 7.53. The van der Waals surface area contributed by atoms with Crippen LogP contribution >= 0.6 is 23.4 Å². The molecule has 0 heterocycles. The summed E-state index contributed by atoms with van der Waals surface area (Å²) in [6.45, 7) is 2.84. The fraction of sp³-hybridized carbons (Fsp3) is 0.391. The van der Waals surface area contributed by atoms with E-state index < -0.39 is 5.97 Å². The summed E-state index contributed by atoms with van der Waals surface area (Å²) in [5.74, 6) is 0.692. The van der Waals surface area contributed by atoms with Gasteiger partial charge in [-0.1, -0.05) is 29.8 Å². The second kappa shape index (κ2) is 12.5. The van der Waals surface area contributed by atoms with E-state index in [-0.39, 0.29) is 11.7 Å². The van der Waals surface area contributed by atoms with Crippen LogP contribution in [-0.4, -0.2) is 60.7 Å². The van der Waals surface area contributed by atoms with Gasteiger partial charge in [-0.3, -0.25) is 9.59 Å². The number of rotatable bonds is 12. The highest BCUT2D eigenvalue weighted by atomic mass is 35.5. The molecule has 0 bridgehead atoms. The van der Waals surface area contributed by atoms with Crippen LogP contribution in [0.5, 0.6) is 11.5 Å². The molecule has 1 N–H and O–H groups in total. The molecular weight excluding hydrogens is 438 g/mol. The molecule has 0 fully saturated rings. The second-order valence-electron chi connectivity index (χ2n) is 6.94. The Kier molecular flexibility index (Phi) is 10.0. The molecule has 0 saturated heterocycles. The first-order chi connectivity index (χ1) is 14.9. The van der Waals surface area contributed by atoms with Gasteiger partial charge in [-0.25, -0.2) is 0 Å². The number of benzene rings is 2. The van der Waals surface area contributed by atoms with Gasteiger partial charge in [-0.2, -0.15) is 0 Å². The lowest BCUT2D eigenvalue weighted by molar-refractivity contribution is -0.133. The van der Waals surface area contributed by atoms with Crippen molar-refractivity contribution in [3.05, 3.63) is 58.1 Å². The van der Waals surface area contributed by atoms with Crippen molar-refractivity contribution in [3.63, 3.8) is 0 Å². The molecule has 0 aromatic heterocycles. The number of nitrogens with zero attached hydrogens (tertiary/aromatic N) is 1. The van der Waals surface area contributed by atoms with E-state index in [4.69, 9.17) is 26.2 Å². The van der Waals surface area contributed by atoms with Gasteiger partial charge in [0.15, 0.2) is 0 Å². The molecule has 31 heavy (non-hydrogen) atoms. The number of amides is 1. The van der Waals surface area contributed by atoms with Gasteiger partial charge in [0, 0.05) is 35.0 Å². The Morgan fingerprint density at radius 3 is 2.32 bits per heavy atom. The average Bonchev–Trinajstić information content (AvgIpc) is 2.76. The van der Waals surface area contributed by atoms with Crippen LogP contribution in [0.3, 0.4) is 0 Å². The number of methoxy groups -OCH3 is 2. The maximum absolute atomic E-state index is 13.3. The molecule has 0 radical (unpaired) electrons. The van der Waals surface area contributed by atoms with Crippen LogP contribution in [0.25, 0.3) is 0 Å². The number of halogens is 1. The summed E-state index contributed by atoms with van der Waals surface area (Å²) in [5, 5.41) is 9.57. The molecule has 168 valence electrons. The van der Waals surface area contributed by atoms with E-state index in [2.05, 4.69) is 0 Å². The highest BCUT2D eigenvalue weighted by molar-refractivity contribution is 7.99. The van der Waals surface area contributed by atoms with Crippen molar-refractivity contribution in [2.24, 2.45) is 0 Å². The quantitative estimate of drug-likeness (QED) is 0.463. The van der Waals surface area contributed by atoms with Crippen LogP contribution in [0.4, 0.5) is 0 Å². The van der Waals surface area contributed by atoms with E-state index in [9.17, 15) is 9.59 Å². The number of carbonyl (C=O) groups excluding carboxylic acids is 1. The van der Waals surface area contributed by atoms with Crippen molar-refractivity contribution in [3.8, 4) is 11.5 Å². The molecular formula is C23H28ClNO5S. The number of hydrogen-bond acceptors (Lipinski definition) is 5. The van der Waals surface area contributed by atoms with Gasteiger partial charge in [0.2, 0.25) is 0 Å². The largest absolute Gasteiger partial charge is 0.496 e. The van der Waals surface area contributed by atoms with E-state index in [1.54, 1.807) is 31.3 Å². The summed E-state index contributed by atoms with van der Waals surface area (Å²) in [5.41, 5.74) is 2.33. The Bertz CT molecular complexity index is 880. The number of aryl methyl sites for hydroxylation is 1. The smallest absolute Gasteiger partial charge is 0.313 e. The standard InChI is InChI=1S/C23H28ClNO5S/c1-16-20(29-2)13-18(14-21(16)30-3)23(28)25(11-12-31-15-22(26)27)10-6-8-17-7-4-5-9-19(17)24/h4-5,7,9,13-14H,6,8,10-12,15H2,1-3H3,(H,26,27). The van der Waals surface area contributed by atoms with Crippen molar-refractivity contribution in [1.82, 2.24) is 4.90 Å². The molecule has 0 aliphatic rings. The molecule has 0 aliphatic heterocycles. The number of carboxylic acid groups (broad SMARTS) is 1. The topological polar surface area (TPSA) is 76.1 Å². The van der Waals surface area contributed by atoms with E-state index in [1.807, 2.05) is 31.2 Å². The Morgan fingerprint density at radius 2 is 1.74 bits per heavy atom. The first kappa shape index (κ1) is 24.9. The fourth-order valence-corrected chi connectivity index (χ4v) is 4.10. The third-order valence-corrected chi connectivity index (χ3v) is 6.14. The number of aliphatic carboxylic acids is 1. The van der Waals surface area contributed by atoms with E-state index >= 15 is 0 Å². The molecule has 0 unspecified atom stereocenters. The Hall–Kier alpha value is -2.38. The normalized spacial score (nSPS) is 10.6. The SMILES string of the molecule is COc1cc(C(=O)N(CCCc2ccccc2Cl)CCSCC(=O)O)cc(OC)c1C. The minimum atomic E-state index is -0.866.